The number of nitrogens with zero attached hydrogens (tertiary/aromatic N) is 4. The Labute approximate surface area is 120 Å². The zero-order valence-corrected chi connectivity index (χ0v) is 12.6. The Bertz CT molecular complexity index is 569. The van der Waals surface area contributed by atoms with Crippen LogP contribution in [0.25, 0.3) is 0 Å². The molecule has 5 heteroatoms. The molecule has 0 spiro atoms. The molecular formula is C15H23N5. The van der Waals surface area contributed by atoms with Crippen LogP contribution in [-0.4, -0.2) is 38.0 Å². The molecule has 0 unspecified atom stereocenters. The minimum Gasteiger partial charge on any atom is -0.298 e. The van der Waals surface area contributed by atoms with Crippen molar-refractivity contribution < 1.29 is 0 Å². The lowest BCUT2D eigenvalue weighted by atomic mass is 10.1. The third kappa shape index (κ3) is 2.38. The van der Waals surface area contributed by atoms with Crippen LogP contribution in [0.15, 0.2) is 12.3 Å². The summed E-state index contributed by atoms with van der Waals surface area (Å²) < 4.78 is 2.10. The van der Waals surface area contributed by atoms with E-state index in [9.17, 15) is 0 Å². The van der Waals surface area contributed by atoms with E-state index in [0.29, 0.717) is 5.92 Å². The van der Waals surface area contributed by atoms with E-state index in [4.69, 9.17) is 0 Å². The Morgan fingerprint density at radius 3 is 2.90 bits per heavy atom. The van der Waals surface area contributed by atoms with E-state index in [1.807, 2.05) is 6.20 Å². The third-order valence-corrected chi connectivity index (χ3v) is 4.45. The van der Waals surface area contributed by atoms with Gasteiger partial charge in [0.15, 0.2) is 0 Å². The first-order valence-corrected chi connectivity index (χ1v) is 7.43. The van der Waals surface area contributed by atoms with Crippen molar-refractivity contribution in [3.63, 3.8) is 0 Å². The van der Waals surface area contributed by atoms with Gasteiger partial charge >= 0.3 is 0 Å². The molecular weight excluding hydrogens is 250 g/mol. The minimum atomic E-state index is 0.597. The van der Waals surface area contributed by atoms with Gasteiger partial charge in [0.25, 0.3) is 0 Å². The second-order valence-electron chi connectivity index (χ2n) is 5.70. The maximum atomic E-state index is 4.61. The Kier molecular flexibility index (Phi) is 3.61. The average molecular weight is 273 g/mol. The summed E-state index contributed by atoms with van der Waals surface area (Å²) in [6.45, 7) is 10.7. The molecule has 20 heavy (non-hydrogen) atoms. The highest BCUT2D eigenvalue weighted by atomic mass is 15.3. The van der Waals surface area contributed by atoms with Gasteiger partial charge in [0.1, 0.15) is 0 Å². The fourth-order valence-corrected chi connectivity index (χ4v) is 3.22. The molecule has 0 radical (unpaired) electrons. The van der Waals surface area contributed by atoms with Crippen LogP contribution >= 0.6 is 0 Å². The fourth-order valence-electron chi connectivity index (χ4n) is 3.22. The maximum absolute atomic E-state index is 4.61. The van der Waals surface area contributed by atoms with Crippen LogP contribution in [-0.2, 0) is 13.1 Å². The summed E-state index contributed by atoms with van der Waals surface area (Å²) in [4.78, 5) is 2.53. The zero-order valence-electron chi connectivity index (χ0n) is 12.6. The van der Waals surface area contributed by atoms with E-state index in [2.05, 4.69) is 51.7 Å². The Hall–Kier alpha value is -1.62. The van der Waals surface area contributed by atoms with E-state index in [-0.39, 0.29) is 0 Å². The lowest BCUT2D eigenvalue weighted by molar-refractivity contribution is 0.324. The van der Waals surface area contributed by atoms with Crippen molar-refractivity contribution >= 4 is 0 Å². The van der Waals surface area contributed by atoms with Crippen LogP contribution in [0.2, 0.25) is 0 Å². The highest BCUT2D eigenvalue weighted by molar-refractivity contribution is 5.24. The lowest BCUT2D eigenvalue weighted by Crippen LogP contribution is -2.20. The van der Waals surface area contributed by atoms with Gasteiger partial charge in [0, 0.05) is 48.7 Å². The monoisotopic (exact) mass is 273 g/mol. The van der Waals surface area contributed by atoms with Crippen LogP contribution in [0.4, 0.5) is 0 Å². The molecule has 2 aromatic heterocycles. The number of rotatable bonds is 4. The van der Waals surface area contributed by atoms with Gasteiger partial charge in [-0.2, -0.15) is 10.2 Å². The second-order valence-corrected chi connectivity index (χ2v) is 5.70. The molecule has 1 aliphatic heterocycles. The summed E-state index contributed by atoms with van der Waals surface area (Å²) in [7, 11) is 0. The van der Waals surface area contributed by atoms with E-state index < -0.39 is 0 Å². The summed E-state index contributed by atoms with van der Waals surface area (Å²) in [5.41, 5.74) is 5.16. The zero-order chi connectivity index (χ0) is 14.1. The number of nitrogens with one attached hydrogen (secondary N) is 1. The molecule has 3 rings (SSSR count). The molecule has 2 aromatic rings. The first-order chi connectivity index (χ1) is 9.69. The number of aromatic amines is 1. The number of H-pyrrole nitrogens is 1. The highest BCUT2D eigenvalue weighted by Gasteiger charge is 2.26. The molecule has 108 valence electrons. The number of likely N-dealkylation sites (tertiary alicyclic amines) is 1. The Balaban J connectivity index is 1.69. The van der Waals surface area contributed by atoms with E-state index in [0.717, 1.165) is 26.2 Å². The summed E-state index contributed by atoms with van der Waals surface area (Å²) in [5.74, 6) is 0.597. The topological polar surface area (TPSA) is 49.7 Å². The summed E-state index contributed by atoms with van der Waals surface area (Å²) in [6, 6.07) is 2.10. The van der Waals surface area contributed by atoms with Gasteiger partial charge in [0.05, 0.1) is 5.69 Å². The van der Waals surface area contributed by atoms with Crippen molar-refractivity contribution in [2.24, 2.45) is 0 Å². The van der Waals surface area contributed by atoms with Crippen molar-refractivity contribution in [2.45, 2.75) is 46.2 Å². The predicted molar refractivity (Wildman–Crippen MR) is 78.6 cm³/mol. The predicted octanol–water partition coefficient (Wildman–Crippen LogP) is 2.23. The SMILES string of the molecule is CCn1nc(C)c(CN2CC[C@@H](c3ccn[nH]3)C2)c1C. The van der Waals surface area contributed by atoms with Gasteiger partial charge in [-0.3, -0.25) is 14.7 Å². The summed E-state index contributed by atoms with van der Waals surface area (Å²) in [5, 5.41) is 11.8. The van der Waals surface area contributed by atoms with Gasteiger partial charge in [-0.15, -0.1) is 0 Å². The van der Waals surface area contributed by atoms with E-state index in [1.54, 1.807) is 0 Å². The quantitative estimate of drug-likeness (QED) is 0.929. The maximum Gasteiger partial charge on any atom is 0.0641 e. The van der Waals surface area contributed by atoms with Crippen molar-refractivity contribution in [2.75, 3.05) is 13.1 Å². The van der Waals surface area contributed by atoms with Crippen molar-refractivity contribution in [1.29, 1.82) is 0 Å². The Morgan fingerprint density at radius 1 is 1.40 bits per heavy atom. The fraction of sp³-hybridized carbons (Fsp3) is 0.600. The largest absolute Gasteiger partial charge is 0.298 e. The lowest BCUT2D eigenvalue weighted by Gasteiger charge is -2.16. The van der Waals surface area contributed by atoms with Gasteiger partial charge in [-0.25, -0.2) is 0 Å². The molecule has 0 bridgehead atoms. The minimum absolute atomic E-state index is 0.597. The molecule has 1 atom stereocenters. The number of aryl methyl sites for hydroxylation is 2. The first-order valence-electron chi connectivity index (χ1n) is 7.43. The standard InChI is InChI=1S/C15H23N5/c1-4-20-12(3)14(11(2)18-20)10-19-8-6-13(9-19)15-5-7-16-17-15/h5,7,13H,4,6,8-10H2,1-3H3,(H,16,17)/t13-/m1/s1. The molecule has 1 fully saturated rings. The van der Waals surface area contributed by atoms with Crippen LogP contribution in [0.1, 0.15) is 41.9 Å². The van der Waals surface area contributed by atoms with Crippen LogP contribution in [0.3, 0.4) is 0 Å². The number of aromatic nitrogens is 4. The molecule has 0 aliphatic carbocycles. The Morgan fingerprint density at radius 2 is 2.25 bits per heavy atom. The molecule has 1 aliphatic rings. The highest BCUT2D eigenvalue weighted by Crippen LogP contribution is 2.27. The van der Waals surface area contributed by atoms with E-state index in [1.165, 1.54) is 29.1 Å². The second kappa shape index (κ2) is 5.40. The van der Waals surface area contributed by atoms with Crippen molar-refractivity contribution in [3.05, 3.63) is 34.9 Å². The van der Waals surface area contributed by atoms with Gasteiger partial charge in [0.2, 0.25) is 0 Å². The van der Waals surface area contributed by atoms with Gasteiger partial charge in [-0.05, 0) is 39.8 Å². The number of hydrogen-bond donors (Lipinski definition) is 1. The van der Waals surface area contributed by atoms with Crippen molar-refractivity contribution in [1.82, 2.24) is 24.9 Å². The van der Waals surface area contributed by atoms with E-state index >= 15 is 0 Å². The molecule has 0 aromatic carbocycles. The normalized spacial score (nSPS) is 19.9. The molecule has 5 nitrogen and oxygen atoms in total. The molecule has 0 amide bonds. The molecule has 1 saturated heterocycles. The van der Waals surface area contributed by atoms with Crippen molar-refractivity contribution in [3.8, 4) is 0 Å². The van der Waals surface area contributed by atoms with Crippen LogP contribution in [0, 0.1) is 13.8 Å². The summed E-state index contributed by atoms with van der Waals surface area (Å²) in [6.07, 6.45) is 3.06. The molecule has 1 N–H and O–H groups in total. The average Bonchev–Trinajstić information content (AvgIpc) is 3.14. The third-order valence-electron chi connectivity index (χ3n) is 4.45. The van der Waals surface area contributed by atoms with Gasteiger partial charge in [-0.1, -0.05) is 0 Å². The van der Waals surface area contributed by atoms with Crippen LogP contribution in [0.5, 0.6) is 0 Å². The smallest absolute Gasteiger partial charge is 0.0641 e. The number of hydrogen-bond acceptors (Lipinski definition) is 3. The first kappa shape index (κ1) is 13.4. The van der Waals surface area contributed by atoms with Gasteiger partial charge < -0.3 is 0 Å². The molecule has 3 heterocycles. The molecule has 0 saturated carbocycles. The summed E-state index contributed by atoms with van der Waals surface area (Å²) >= 11 is 0. The van der Waals surface area contributed by atoms with Crippen LogP contribution < -0.4 is 0 Å².